The highest BCUT2D eigenvalue weighted by molar-refractivity contribution is 9.12. The average Bonchev–Trinajstić information content (AvgIpc) is 3.15. The van der Waals surface area contributed by atoms with Crippen molar-refractivity contribution in [3.05, 3.63) is 0 Å². The van der Waals surface area contributed by atoms with Crippen molar-refractivity contribution in [3.63, 3.8) is 0 Å². The van der Waals surface area contributed by atoms with Crippen LogP contribution in [-0.2, 0) is 19.1 Å². The van der Waals surface area contributed by atoms with Gasteiger partial charge in [-0.2, -0.15) is 0 Å². The number of halogens is 2. The Hall–Kier alpha value is -0.430. The third kappa shape index (κ3) is 3.09. The first-order valence-corrected chi connectivity index (χ1v) is 10.9. The van der Waals surface area contributed by atoms with Crippen LogP contribution in [0, 0.1) is 29.6 Å². The zero-order chi connectivity index (χ0) is 18.5. The van der Waals surface area contributed by atoms with Crippen LogP contribution < -0.4 is 0 Å². The minimum atomic E-state index is -0.792. The van der Waals surface area contributed by atoms with E-state index in [4.69, 9.17) is 4.74 Å². The van der Waals surface area contributed by atoms with Gasteiger partial charge in [0.2, 0.25) is 11.8 Å². The van der Waals surface area contributed by atoms with Crippen LogP contribution in [-0.4, -0.2) is 45.0 Å². The van der Waals surface area contributed by atoms with Gasteiger partial charge in [0.1, 0.15) is 6.04 Å². The molecule has 3 aliphatic rings. The summed E-state index contributed by atoms with van der Waals surface area (Å²) in [4.78, 5) is 40.4. The lowest BCUT2D eigenvalue weighted by atomic mass is 9.81. The van der Waals surface area contributed by atoms with Crippen LogP contribution in [0.15, 0.2) is 0 Å². The number of alkyl halides is 2. The van der Waals surface area contributed by atoms with Gasteiger partial charge in [0.05, 0.1) is 18.4 Å². The molecule has 2 amide bonds. The number of likely N-dealkylation sites (tertiary alicyclic amines) is 1. The number of fused-ring (bicyclic) bond motifs is 5. The average molecular weight is 479 g/mol. The van der Waals surface area contributed by atoms with E-state index in [-0.39, 0.29) is 51.1 Å². The maximum absolute atomic E-state index is 13.1. The highest BCUT2D eigenvalue weighted by Crippen LogP contribution is 2.60. The molecule has 2 bridgehead atoms. The van der Waals surface area contributed by atoms with Gasteiger partial charge in [0.15, 0.2) is 0 Å². The first kappa shape index (κ1) is 19.3. The fourth-order valence-electron chi connectivity index (χ4n) is 4.73. The Morgan fingerprint density at radius 1 is 1.16 bits per heavy atom. The molecule has 0 N–H and O–H groups in total. The summed E-state index contributed by atoms with van der Waals surface area (Å²) < 4.78 is 5.29. The molecular formula is C18H25Br2NO4. The maximum atomic E-state index is 13.1. The van der Waals surface area contributed by atoms with Crippen LogP contribution in [0.25, 0.3) is 0 Å². The van der Waals surface area contributed by atoms with Crippen molar-refractivity contribution in [3.8, 4) is 0 Å². The Kier molecular flexibility index (Phi) is 5.64. The smallest absolute Gasteiger partial charge is 0.329 e. The molecule has 3 rings (SSSR count). The summed E-state index contributed by atoms with van der Waals surface area (Å²) in [5.74, 6) is -0.871. The molecule has 25 heavy (non-hydrogen) atoms. The summed E-state index contributed by atoms with van der Waals surface area (Å²) in [5.41, 5.74) is 0. The van der Waals surface area contributed by atoms with E-state index in [0.29, 0.717) is 19.4 Å². The standard InChI is InChI=1S/C18H25Br2NO4/c1-4-5-25-18(24)11(6-8(2)3)21-16(22)12-9-7-10(13(12)17(21)23)15(20)14(9)19/h8-15H,4-7H2,1-3H3. The number of imide groups is 1. The van der Waals surface area contributed by atoms with Gasteiger partial charge < -0.3 is 4.74 Å². The third-order valence-corrected chi connectivity index (χ3v) is 8.95. The zero-order valence-corrected chi connectivity index (χ0v) is 18.0. The molecule has 1 aliphatic heterocycles. The third-order valence-electron chi connectivity index (χ3n) is 5.75. The van der Waals surface area contributed by atoms with Crippen LogP contribution >= 0.6 is 31.9 Å². The van der Waals surface area contributed by atoms with Crippen molar-refractivity contribution < 1.29 is 19.1 Å². The fraction of sp³-hybridized carbons (Fsp3) is 0.833. The van der Waals surface area contributed by atoms with Crippen LogP contribution in [0.4, 0.5) is 0 Å². The fourth-order valence-corrected chi connectivity index (χ4v) is 6.60. The lowest BCUT2D eigenvalue weighted by Crippen LogP contribution is -2.47. The molecule has 1 saturated heterocycles. The number of ether oxygens (including phenoxy) is 1. The molecule has 0 aromatic rings. The minimum absolute atomic E-state index is 0.159. The Bertz CT molecular complexity index is 549. The number of carbonyl (C=O) groups is 3. The highest BCUT2D eigenvalue weighted by atomic mass is 79.9. The van der Waals surface area contributed by atoms with Crippen LogP contribution in [0.5, 0.6) is 0 Å². The molecule has 7 atom stereocenters. The van der Waals surface area contributed by atoms with E-state index in [2.05, 4.69) is 31.9 Å². The molecule has 0 radical (unpaired) electrons. The van der Waals surface area contributed by atoms with Gasteiger partial charge in [0, 0.05) is 9.65 Å². The molecule has 0 spiro atoms. The molecule has 0 aromatic heterocycles. The Morgan fingerprint density at radius 2 is 1.68 bits per heavy atom. The van der Waals surface area contributed by atoms with E-state index in [9.17, 15) is 14.4 Å². The molecule has 140 valence electrons. The number of hydrogen-bond donors (Lipinski definition) is 0. The summed E-state index contributed by atoms with van der Waals surface area (Å²) in [7, 11) is 0. The van der Waals surface area contributed by atoms with Crippen LogP contribution in [0.2, 0.25) is 0 Å². The summed E-state index contributed by atoms with van der Waals surface area (Å²) in [6.07, 6.45) is 2.06. The monoisotopic (exact) mass is 477 g/mol. The molecular weight excluding hydrogens is 454 g/mol. The van der Waals surface area contributed by atoms with E-state index < -0.39 is 12.0 Å². The number of amides is 2. The number of hydrogen-bond acceptors (Lipinski definition) is 4. The van der Waals surface area contributed by atoms with Crippen molar-refractivity contribution >= 4 is 49.6 Å². The molecule has 1 heterocycles. The Morgan fingerprint density at radius 3 is 2.12 bits per heavy atom. The Balaban J connectivity index is 1.86. The molecule has 2 aliphatic carbocycles. The second kappa shape index (κ2) is 7.29. The largest absolute Gasteiger partial charge is 0.464 e. The second-order valence-corrected chi connectivity index (χ2v) is 9.98. The van der Waals surface area contributed by atoms with Gasteiger partial charge in [-0.1, -0.05) is 52.6 Å². The predicted octanol–water partition coefficient (Wildman–Crippen LogP) is 3.13. The lowest BCUT2D eigenvalue weighted by Gasteiger charge is -2.28. The van der Waals surface area contributed by atoms with E-state index in [1.54, 1.807) is 0 Å². The minimum Gasteiger partial charge on any atom is -0.464 e. The number of carbonyl (C=O) groups excluding carboxylic acids is 3. The molecule has 7 unspecified atom stereocenters. The zero-order valence-electron chi connectivity index (χ0n) is 14.8. The first-order valence-electron chi connectivity index (χ1n) is 9.11. The summed E-state index contributed by atoms with van der Waals surface area (Å²) in [5, 5.41) is 0. The van der Waals surface area contributed by atoms with Gasteiger partial charge in [-0.25, -0.2) is 4.79 Å². The normalized spacial score (nSPS) is 37.8. The Labute approximate surface area is 165 Å². The van der Waals surface area contributed by atoms with E-state index >= 15 is 0 Å². The van der Waals surface area contributed by atoms with Crippen LogP contribution in [0.3, 0.4) is 0 Å². The number of rotatable bonds is 6. The van der Waals surface area contributed by atoms with Gasteiger partial charge >= 0.3 is 5.97 Å². The molecule has 0 aromatic carbocycles. The van der Waals surface area contributed by atoms with Gasteiger partial charge in [-0.05, 0) is 37.0 Å². The van der Waals surface area contributed by atoms with E-state index in [1.165, 1.54) is 4.90 Å². The number of esters is 1. The molecule has 3 fully saturated rings. The van der Waals surface area contributed by atoms with Crippen molar-refractivity contribution in [2.75, 3.05) is 6.61 Å². The van der Waals surface area contributed by atoms with Crippen molar-refractivity contribution in [1.29, 1.82) is 0 Å². The summed E-state index contributed by atoms with van der Waals surface area (Å²) >= 11 is 7.37. The topological polar surface area (TPSA) is 63.7 Å². The van der Waals surface area contributed by atoms with Crippen molar-refractivity contribution in [1.82, 2.24) is 4.90 Å². The van der Waals surface area contributed by atoms with Crippen LogP contribution in [0.1, 0.15) is 40.0 Å². The lowest BCUT2D eigenvalue weighted by molar-refractivity contribution is -0.160. The first-order chi connectivity index (χ1) is 11.8. The number of nitrogens with zero attached hydrogens (tertiary/aromatic N) is 1. The summed E-state index contributed by atoms with van der Waals surface area (Å²) in [6, 6.07) is -0.792. The van der Waals surface area contributed by atoms with Gasteiger partial charge in [0.25, 0.3) is 0 Å². The molecule has 5 nitrogen and oxygen atoms in total. The van der Waals surface area contributed by atoms with E-state index in [1.807, 2.05) is 20.8 Å². The summed E-state index contributed by atoms with van der Waals surface area (Å²) in [6.45, 7) is 6.21. The quantitative estimate of drug-likeness (QED) is 0.334. The van der Waals surface area contributed by atoms with Gasteiger partial charge in [-0.15, -0.1) is 0 Å². The second-order valence-electron chi connectivity index (χ2n) is 7.86. The predicted molar refractivity (Wildman–Crippen MR) is 100 cm³/mol. The molecule has 2 saturated carbocycles. The van der Waals surface area contributed by atoms with Gasteiger partial charge in [-0.3, -0.25) is 14.5 Å². The maximum Gasteiger partial charge on any atom is 0.329 e. The van der Waals surface area contributed by atoms with E-state index in [0.717, 1.165) is 6.42 Å². The molecule has 7 heteroatoms. The van der Waals surface area contributed by atoms with Crippen molar-refractivity contribution in [2.45, 2.75) is 55.7 Å². The highest BCUT2D eigenvalue weighted by Gasteiger charge is 2.67. The SMILES string of the molecule is CCCOC(=O)C(CC(C)C)N1C(=O)C2C3CC(C(Br)C3Br)C2C1=O. The van der Waals surface area contributed by atoms with Crippen molar-refractivity contribution in [2.24, 2.45) is 29.6 Å².